The second kappa shape index (κ2) is 5.02. The van der Waals surface area contributed by atoms with E-state index in [0.717, 1.165) is 16.9 Å². The zero-order chi connectivity index (χ0) is 12.3. The predicted octanol–water partition coefficient (Wildman–Crippen LogP) is 3.38. The highest BCUT2D eigenvalue weighted by Gasteiger charge is 2.03. The maximum atomic E-state index is 5.89. The summed E-state index contributed by atoms with van der Waals surface area (Å²) in [7, 11) is 1.68. The van der Waals surface area contributed by atoms with Crippen molar-refractivity contribution in [3.63, 3.8) is 0 Å². The molecule has 2 nitrogen and oxygen atoms in total. The van der Waals surface area contributed by atoms with E-state index >= 15 is 0 Å². The van der Waals surface area contributed by atoms with Crippen molar-refractivity contribution in [2.24, 2.45) is 5.73 Å². The van der Waals surface area contributed by atoms with E-state index in [1.807, 2.05) is 37.3 Å². The molecule has 0 heterocycles. The van der Waals surface area contributed by atoms with Crippen molar-refractivity contribution in [3.8, 4) is 16.9 Å². The van der Waals surface area contributed by atoms with Crippen molar-refractivity contribution in [2.45, 2.75) is 13.0 Å². The summed E-state index contributed by atoms with van der Waals surface area (Å²) >= 11 is 0. The zero-order valence-corrected chi connectivity index (χ0v) is 10.2. The first kappa shape index (κ1) is 11.7. The molecule has 0 saturated heterocycles. The van der Waals surface area contributed by atoms with Crippen LogP contribution in [0.5, 0.6) is 5.75 Å². The Balaban J connectivity index is 2.41. The monoisotopic (exact) mass is 227 g/mol. The van der Waals surface area contributed by atoms with Gasteiger partial charge in [-0.2, -0.15) is 0 Å². The number of hydrogen-bond donors (Lipinski definition) is 1. The quantitative estimate of drug-likeness (QED) is 0.872. The predicted molar refractivity (Wildman–Crippen MR) is 71.0 cm³/mol. The van der Waals surface area contributed by atoms with Crippen LogP contribution >= 0.6 is 0 Å². The Morgan fingerprint density at radius 1 is 1.00 bits per heavy atom. The van der Waals surface area contributed by atoms with Crippen molar-refractivity contribution >= 4 is 0 Å². The SMILES string of the molecule is COc1cccc(-c2cccc(C(C)N)c2)c1. The summed E-state index contributed by atoms with van der Waals surface area (Å²) in [6, 6.07) is 16.4. The van der Waals surface area contributed by atoms with Crippen LogP contribution in [-0.2, 0) is 0 Å². The highest BCUT2D eigenvalue weighted by Crippen LogP contribution is 2.25. The first-order valence-corrected chi connectivity index (χ1v) is 5.70. The minimum absolute atomic E-state index is 0.0561. The van der Waals surface area contributed by atoms with Gasteiger partial charge in [0.25, 0.3) is 0 Å². The maximum absolute atomic E-state index is 5.89. The van der Waals surface area contributed by atoms with E-state index in [2.05, 4.69) is 18.2 Å². The van der Waals surface area contributed by atoms with Crippen LogP contribution in [0.3, 0.4) is 0 Å². The van der Waals surface area contributed by atoms with Crippen LogP contribution in [0.2, 0.25) is 0 Å². The molecule has 2 heteroatoms. The lowest BCUT2D eigenvalue weighted by atomic mass is 10.0. The molecule has 2 aromatic rings. The Labute approximate surface area is 102 Å². The molecule has 2 N–H and O–H groups in total. The molecule has 0 aliphatic rings. The van der Waals surface area contributed by atoms with Crippen molar-refractivity contribution in [3.05, 3.63) is 54.1 Å². The number of ether oxygens (including phenoxy) is 1. The van der Waals surface area contributed by atoms with E-state index in [-0.39, 0.29) is 6.04 Å². The summed E-state index contributed by atoms with van der Waals surface area (Å²) in [5.74, 6) is 0.869. The second-order valence-electron chi connectivity index (χ2n) is 4.15. The van der Waals surface area contributed by atoms with Crippen LogP contribution in [0.1, 0.15) is 18.5 Å². The molecule has 17 heavy (non-hydrogen) atoms. The van der Waals surface area contributed by atoms with E-state index in [9.17, 15) is 0 Å². The van der Waals surface area contributed by atoms with Crippen molar-refractivity contribution < 1.29 is 4.74 Å². The molecule has 88 valence electrons. The third-order valence-corrected chi connectivity index (χ3v) is 2.82. The molecule has 0 spiro atoms. The second-order valence-corrected chi connectivity index (χ2v) is 4.15. The lowest BCUT2D eigenvalue weighted by Crippen LogP contribution is -2.04. The summed E-state index contributed by atoms with van der Waals surface area (Å²) < 4.78 is 5.23. The number of rotatable bonds is 3. The molecule has 2 rings (SSSR count). The minimum atomic E-state index is 0.0561. The fourth-order valence-corrected chi connectivity index (χ4v) is 1.80. The number of benzene rings is 2. The van der Waals surface area contributed by atoms with Gasteiger partial charge in [0, 0.05) is 6.04 Å². The van der Waals surface area contributed by atoms with Gasteiger partial charge in [0.2, 0.25) is 0 Å². The van der Waals surface area contributed by atoms with Crippen molar-refractivity contribution in [1.29, 1.82) is 0 Å². The van der Waals surface area contributed by atoms with Crippen molar-refractivity contribution in [2.75, 3.05) is 7.11 Å². The third-order valence-electron chi connectivity index (χ3n) is 2.82. The first-order chi connectivity index (χ1) is 8.20. The normalized spacial score (nSPS) is 12.2. The van der Waals surface area contributed by atoms with E-state index in [0.29, 0.717) is 0 Å². The topological polar surface area (TPSA) is 35.2 Å². The molecule has 1 unspecified atom stereocenters. The van der Waals surface area contributed by atoms with Crippen LogP contribution in [0.25, 0.3) is 11.1 Å². The Morgan fingerprint density at radius 3 is 2.29 bits per heavy atom. The van der Waals surface area contributed by atoms with Gasteiger partial charge in [0.1, 0.15) is 5.75 Å². The summed E-state index contributed by atoms with van der Waals surface area (Å²) in [4.78, 5) is 0. The molecule has 0 amide bonds. The molecule has 0 aliphatic carbocycles. The molecule has 0 radical (unpaired) electrons. The van der Waals surface area contributed by atoms with Gasteiger partial charge in [-0.1, -0.05) is 30.3 Å². The van der Waals surface area contributed by atoms with Crippen LogP contribution in [0.15, 0.2) is 48.5 Å². The van der Waals surface area contributed by atoms with Crippen molar-refractivity contribution in [1.82, 2.24) is 0 Å². The highest BCUT2D eigenvalue weighted by atomic mass is 16.5. The largest absolute Gasteiger partial charge is 0.497 e. The van der Waals surface area contributed by atoms with Crippen LogP contribution < -0.4 is 10.5 Å². The van der Waals surface area contributed by atoms with E-state index in [1.165, 1.54) is 5.56 Å². The van der Waals surface area contributed by atoms with Crippen LogP contribution in [0.4, 0.5) is 0 Å². The van der Waals surface area contributed by atoms with Crippen LogP contribution in [0, 0.1) is 0 Å². The average molecular weight is 227 g/mol. The van der Waals surface area contributed by atoms with Gasteiger partial charge in [0.05, 0.1) is 7.11 Å². The van der Waals surface area contributed by atoms with E-state index < -0.39 is 0 Å². The Morgan fingerprint density at radius 2 is 1.65 bits per heavy atom. The molecule has 0 aromatic heterocycles. The van der Waals surface area contributed by atoms with Gasteiger partial charge >= 0.3 is 0 Å². The van der Waals surface area contributed by atoms with E-state index in [1.54, 1.807) is 7.11 Å². The maximum Gasteiger partial charge on any atom is 0.119 e. The summed E-state index contributed by atoms with van der Waals surface area (Å²) in [6.07, 6.45) is 0. The van der Waals surface area contributed by atoms with E-state index in [4.69, 9.17) is 10.5 Å². The third kappa shape index (κ3) is 2.66. The Hall–Kier alpha value is -1.80. The van der Waals surface area contributed by atoms with Gasteiger partial charge < -0.3 is 10.5 Å². The summed E-state index contributed by atoms with van der Waals surface area (Å²) in [5, 5.41) is 0. The first-order valence-electron chi connectivity index (χ1n) is 5.70. The fraction of sp³-hybridized carbons (Fsp3) is 0.200. The van der Waals surface area contributed by atoms with Crippen LogP contribution in [-0.4, -0.2) is 7.11 Å². The van der Waals surface area contributed by atoms with Gasteiger partial charge in [-0.15, -0.1) is 0 Å². The lowest BCUT2D eigenvalue weighted by Gasteiger charge is -2.09. The zero-order valence-electron chi connectivity index (χ0n) is 10.2. The lowest BCUT2D eigenvalue weighted by molar-refractivity contribution is 0.415. The number of nitrogens with two attached hydrogens (primary N) is 1. The molecule has 0 saturated carbocycles. The number of hydrogen-bond acceptors (Lipinski definition) is 2. The minimum Gasteiger partial charge on any atom is -0.497 e. The molecule has 1 atom stereocenters. The molecule has 0 bridgehead atoms. The Bertz CT molecular complexity index is 506. The highest BCUT2D eigenvalue weighted by molar-refractivity contribution is 5.65. The molecule has 0 fully saturated rings. The molecule has 0 aliphatic heterocycles. The smallest absolute Gasteiger partial charge is 0.119 e. The molecular weight excluding hydrogens is 210 g/mol. The fourth-order valence-electron chi connectivity index (χ4n) is 1.80. The standard InChI is InChI=1S/C15H17NO/c1-11(16)12-5-3-6-13(9-12)14-7-4-8-15(10-14)17-2/h3-11H,16H2,1-2H3. The van der Waals surface area contributed by atoms with Gasteiger partial charge in [-0.25, -0.2) is 0 Å². The molecular formula is C15H17NO. The average Bonchev–Trinajstić information content (AvgIpc) is 2.39. The molecule has 2 aromatic carbocycles. The summed E-state index contributed by atoms with van der Waals surface area (Å²) in [6.45, 7) is 1.99. The number of methoxy groups -OCH3 is 1. The van der Waals surface area contributed by atoms with Gasteiger partial charge in [-0.05, 0) is 41.8 Å². The summed E-state index contributed by atoms with van der Waals surface area (Å²) in [5.41, 5.74) is 9.35. The van der Waals surface area contributed by atoms with Gasteiger partial charge in [0.15, 0.2) is 0 Å². The Kier molecular flexibility index (Phi) is 3.45. The van der Waals surface area contributed by atoms with Gasteiger partial charge in [-0.3, -0.25) is 0 Å².